The minimum Gasteiger partial charge on any atom is -0.394 e. The van der Waals surface area contributed by atoms with Crippen molar-refractivity contribution in [1.29, 1.82) is 1.43 Å². The van der Waals surface area contributed by atoms with Crippen molar-refractivity contribution in [1.82, 2.24) is 14.2 Å². The second kappa shape index (κ2) is 12.2. The van der Waals surface area contributed by atoms with Gasteiger partial charge in [-0.3, -0.25) is 14.3 Å². The van der Waals surface area contributed by atoms with Crippen molar-refractivity contribution in [2.45, 2.75) is 84.6 Å². The van der Waals surface area contributed by atoms with Gasteiger partial charge in [0, 0.05) is 34.7 Å². The minimum absolute atomic E-state index is 0.0347. The maximum atomic E-state index is 12.5. The lowest BCUT2D eigenvalue weighted by molar-refractivity contribution is -0.0446. The third kappa shape index (κ3) is 6.89. The number of hydrogen-bond donors (Lipinski definition) is 2. The van der Waals surface area contributed by atoms with E-state index in [1.807, 2.05) is 31.2 Å². The van der Waals surface area contributed by atoms with Gasteiger partial charge in [-0.2, -0.15) is 0 Å². The molecule has 2 heterocycles. The second-order valence-corrected chi connectivity index (χ2v) is 11.5. The highest BCUT2D eigenvalue weighted by Gasteiger charge is 2.41. The van der Waals surface area contributed by atoms with Crippen LogP contribution in [0.2, 0.25) is 0 Å². The number of ether oxygens (including phenoxy) is 1. The third-order valence-corrected chi connectivity index (χ3v) is 8.64. The first-order valence-electron chi connectivity index (χ1n) is 12.2. The van der Waals surface area contributed by atoms with Crippen LogP contribution in [0.1, 0.15) is 64.5 Å². The lowest BCUT2D eigenvalue weighted by Gasteiger charge is -2.38. The van der Waals surface area contributed by atoms with E-state index in [0.29, 0.717) is 12.0 Å². The Kier molecular flexibility index (Phi) is 9.32. The molecule has 1 fully saturated rings. The molecule has 194 valence electrons. The van der Waals surface area contributed by atoms with Crippen LogP contribution in [0.3, 0.4) is 0 Å². The number of benzene rings is 1. The summed E-state index contributed by atoms with van der Waals surface area (Å²) in [4.78, 5) is 26.6. The Balaban J connectivity index is 1.88. The van der Waals surface area contributed by atoms with Gasteiger partial charge in [0.2, 0.25) is 1.43 Å². The van der Waals surface area contributed by atoms with Crippen molar-refractivity contribution in [2.24, 2.45) is 0 Å². The summed E-state index contributed by atoms with van der Waals surface area (Å²) in [5.41, 5.74) is 0.422. The van der Waals surface area contributed by atoms with E-state index in [9.17, 15) is 9.59 Å². The van der Waals surface area contributed by atoms with Crippen molar-refractivity contribution in [3.05, 3.63) is 66.9 Å². The maximum absolute atomic E-state index is 12.5. The number of aromatic nitrogens is 2. The van der Waals surface area contributed by atoms with Crippen LogP contribution in [0.25, 0.3) is 0 Å². The van der Waals surface area contributed by atoms with Gasteiger partial charge in [0.1, 0.15) is 12.3 Å². The molecule has 0 aliphatic carbocycles. The normalized spacial score (nSPS) is 22.7. The molecule has 3 rings (SSSR count). The van der Waals surface area contributed by atoms with Gasteiger partial charge in [0.05, 0.1) is 18.8 Å². The molecule has 1 aliphatic rings. The Morgan fingerprint density at radius 1 is 1.26 bits per heavy atom. The van der Waals surface area contributed by atoms with Crippen molar-refractivity contribution in [2.75, 3.05) is 6.61 Å². The summed E-state index contributed by atoms with van der Waals surface area (Å²) in [6.45, 7) is 11.9. The van der Waals surface area contributed by atoms with Crippen LogP contribution in [0.5, 0.6) is 0 Å². The van der Waals surface area contributed by atoms with Crippen molar-refractivity contribution in [3.63, 3.8) is 0 Å². The number of aliphatic hydroxyl groups is 1. The molecule has 2 aromatic rings. The van der Waals surface area contributed by atoms with Gasteiger partial charge in [0.15, 0.2) is 0 Å². The number of rotatable bonds is 11. The molecular formula is C24H35BrN3O6P. The maximum Gasteiger partial charge on any atom is 0.330 e. The molecule has 9 nitrogen and oxygen atoms in total. The van der Waals surface area contributed by atoms with E-state index >= 15 is 0 Å². The highest BCUT2D eigenvalue weighted by molar-refractivity contribution is 9.10. The fraction of sp³-hybridized carbons (Fsp3) is 0.583. The van der Waals surface area contributed by atoms with E-state index in [1.54, 1.807) is 6.92 Å². The third-order valence-electron chi connectivity index (χ3n) is 5.86. The van der Waals surface area contributed by atoms with E-state index in [-0.39, 0.29) is 24.8 Å². The zero-order chi connectivity index (χ0) is 26.6. The number of aryl methyl sites for hydroxylation is 1. The largest absolute Gasteiger partial charge is 0.394 e. The number of nitrogens with one attached hydrogen (secondary N) is 1. The van der Waals surface area contributed by atoms with Gasteiger partial charge in [-0.25, -0.2) is 9.46 Å². The number of H-pyrrole nitrogens is 1. The minimum atomic E-state index is -1.55. The lowest BCUT2D eigenvalue weighted by Crippen LogP contribution is -2.36. The van der Waals surface area contributed by atoms with Crippen LogP contribution in [0.15, 0.2) is 44.5 Å². The first-order valence-corrected chi connectivity index (χ1v) is 13.7. The van der Waals surface area contributed by atoms with Crippen molar-refractivity contribution >= 4 is 24.5 Å². The highest BCUT2D eigenvalue weighted by Crippen LogP contribution is 2.52. The molecule has 0 radical (unpaired) electrons. The number of aromatic amines is 1. The quantitative estimate of drug-likeness (QED) is 0.384. The molecule has 0 spiro atoms. The second-order valence-electron chi connectivity index (χ2n) is 9.26. The fourth-order valence-corrected chi connectivity index (χ4v) is 6.22. The SMILES string of the molecule is [2H]OC[C@H]1O[C@@H](n2cc(C)c(=O)[nH]c2=O)CC1OP(OC(C)c1ccc(Br)cc1)N(C(C)C)C(C)C. The lowest BCUT2D eigenvalue weighted by atomic mass is 10.1. The first kappa shape index (κ1) is 26.7. The van der Waals surface area contributed by atoms with Gasteiger partial charge in [-0.1, -0.05) is 28.1 Å². The number of nitrogens with zero attached hydrogens (tertiary/aromatic N) is 2. The van der Waals surface area contributed by atoms with E-state index in [1.165, 1.54) is 10.8 Å². The van der Waals surface area contributed by atoms with Gasteiger partial charge in [0.25, 0.3) is 14.1 Å². The van der Waals surface area contributed by atoms with E-state index in [0.717, 1.165) is 10.0 Å². The molecule has 3 unspecified atom stereocenters. The summed E-state index contributed by atoms with van der Waals surface area (Å²) >= 11 is 3.47. The summed E-state index contributed by atoms with van der Waals surface area (Å²) in [5.74, 6) is 0. The molecule has 2 N–H and O–H groups in total. The van der Waals surface area contributed by atoms with Crippen LogP contribution in [0.4, 0.5) is 0 Å². The van der Waals surface area contributed by atoms with Crippen LogP contribution in [-0.2, 0) is 13.8 Å². The molecule has 0 amide bonds. The first-order chi connectivity index (χ1) is 17.0. The summed E-state index contributed by atoms with van der Waals surface area (Å²) in [6, 6.07) is 8.24. The summed E-state index contributed by atoms with van der Waals surface area (Å²) in [7, 11) is -1.55. The molecule has 1 aromatic carbocycles. The van der Waals surface area contributed by atoms with E-state index < -0.39 is 38.2 Å². The molecule has 5 atom stereocenters. The van der Waals surface area contributed by atoms with Gasteiger partial charge >= 0.3 is 5.69 Å². The van der Waals surface area contributed by atoms with Crippen molar-refractivity contribution < 1.29 is 18.9 Å². The molecule has 1 aromatic heterocycles. The van der Waals surface area contributed by atoms with Crippen LogP contribution in [0, 0.1) is 6.92 Å². The van der Waals surface area contributed by atoms with Crippen LogP contribution in [-0.4, -0.2) is 51.7 Å². The average Bonchev–Trinajstić information content (AvgIpc) is 3.18. The fourth-order valence-electron chi connectivity index (χ4n) is 4.09. The van der Waals surface area contributed by atoms with Gasteiger partial charge in [-0.05, 0) is 59.2 Å². The van der Waals surface area contributed by atoms with Gasteiger partial charge < -0.3 is 18.9 Å². The molecule has 1 aliphatic heterocycles. The molecule has 0 bridgehead atoms. The molecule has 1 saturated heterocycles. The zero-order valence-corrected chi connectivity index (χ0v) is 23.4. The smallest absolute Gasteiger partial charge is 0.330 e. The van der Waals surface area contributed by atoms with E-state index in [2.05, 4.69) is 58.4 Å². The standard InChI is InChI=1S/C24H35BrN3O6P/c1-14(2)28(15(3)4)35(33-17(6)18-7-9-19(25)10-8-18)34-20-11-22(32-21(20)13-29)27-12-16(5)23(30)26-24(27)31/h7-10,12,14-15,17,20-22,29H,11,13H2,1-6H3,(H,26,30,31)/t17?,20?,21-,22-,35?/m1/s1/i29D. The van der Waals surface area contributed by atoms with Crippen LogP contribution < -0.4 is 11.2 Å². The number of hydrogen-bond acceptors (Lipinski definition) is 7. The predicted octanol–water partition coefficient (Wildman–Crippen LogP) is 4.40. The van der Waals surface area contributed by atoms with Crippen molar-refractivity contribution in [3.8, 4) is 0 Å². The molecular weight excluding hydrogens is 537 g/mol. The predicted molar refractivity (Wildman–Crippen MR) is 139 cm³/mol. The topological polar surface area (TPSA) is 106 Å². The highest BCUT2D eigenvalue weighted by atomic mass is 79.9. The Bertz CT molecular complexity index is 1100. The monoisotopic (exact) mass is 572 g/mol. The molecule has 11 heteroatoms. The van der Waals surface area contributed by atoms with Crippen LogP contribution >= 0.6 is 24.5 Å². The Labute approximate surface area is 217 Å². The molecule has 35 heavy (non-hydrogen) atoms. The summed E-state index contributed by atoms with van der Waals surface area (Å²) in [5, 5.41) is 4.66. The van der Waals surface area contributed by atoms with Gasteiger partial charge in [-0.15, -0.1) is 0 Å². The number of halogens is 1. The average molecular weight is 573 g/mol. The Morgan fingerprint density at radius 2 is 1.91 bits per heavy atom. The summed E-state index contributed by atoms with van der Waals surface area (Å²) < 4.78 is 31.0. The summed E-state index contributed by atoms with van der Waals surface area (Å²) in [6.07, 6.45) is -0.190. The number of aliphatic hydroxyl groups excluding tert-OH is 1. The Morgan fingerprint density at radius 3 is 2.51 bits per heavy atom. The van der Waals surface area contributed by atoms with E-state index in [4.69, 9.17) is 15.2 Å². The Hall–Kier alpha value is -1.39. The zero-order valence-electron chi connectivity index (χ0n) is 21.9. The molecule has 0 saturated carbocycles.